The van der Waals surface area contributed by atoms with E-state index >= 15 is 0 Å². The van der Waals surface area contributed by atoms with Gasteiger partial charge in [-0.05, 0) is 61.2 Å². The van der Waals surface area contributed by atoms with Crippen LogP contribution >= 0.6 is 23.4 Å². The molecular weight excluding hydrogens is 536 g/mol. The van der Waals surface area contributed by atoms with Crippen molar-refractivity contribution in [1.29, 1.82) is 0 Å². The summed E-state index contributed by atoms with van der Waals surface area (Å²) in [5.74, 6) is -2.41. The van der Waals surface area contributed by atoms with Crippen LogP contribution in [-0.4, -0.2) is 30.0 Å². The Hall–Kier alpha value is -3.75. The highest BCUT2D eigenvalue weighted by atomic mass is 35.5. The third kappa shape index (κ3) is 7.02. The largest absolute Gasteiger partial charge is 0.495 e. The van der Waals surface area contributed by atoms with Crippen molar-refractivity contribution >= 4 is 52.5 Å². The number of thioether (sulfide) groups is 1. The Morgan fingerprint density at radius 1 is 0.974 bits per heavy atom. The molecule has 4 rings (SSSR count). The maximum absolute atomic E-state index is 13.5. The summed E-state index contributed by atoms with van der Waals surface area (Å²) in [6.07, 6.45) is 4.38. The Kier molecular flexibility index (Phi) is 9.32. The van der Waals surface area contributed by atoms with Crippen LogP contribution in [0.4, 0.5) is 11.4 Å². The minimum absolute atomic E-state index is 0.228. The molecule has 0 fully saturated rings. The third-order valence-corrected chi connectivity index (χ3v) is 8.21. The Bertz CT molecular complexity index is 1380. The molecule has 3 aromatic rings. The number of carbonyl (C=O) groups is 3. The lowest BCUT2D eigenvalue weighted by molar-refractivity contribution is -0.146. The molecule has 3 unspecified atom stereocenters. The second kappa shape index (κ2) is 12.9. The molecule has 9 heteroatoms. The maximum atomic E-state index is 13.5. The van der Waals surface area contributed by atoms with E-state index in [0.717, 1.165) is 16.0 Å². The Balaban J connectivity index is 1.50. The highest BCUT2D eigenvalue weighted by Gasteiger charge is 2.34. The molecule has 0 radical (unpaired) electrons. The number of ether oxygens (including phenoxy) is 1. The first-order valence-corrected chi connectivity index (χ1v) is 13.7. The molecule has 202 valence electrons. The molecule has 0 aromatic heterocycles. The number of anilines is 2. The van der Waals surface area contributed by atoms with Gasteiger partial charge in [-0.1, -0.05) is 54.1 Å². The lowest BCUT2D eigenvalue weighted by atomic mass is 9.82. The molecule has 1 aliphatic carbocycles. The highest BCUT2D eigenvalue weighted by molar-refractivity contribution is 8.00. The van der Waals surface area contributed by atoms with Crippen LogP contribution in [0.5, 0.6) is 5.75 Å². The molecule has 1 aliphatic rings. The quantitative estimate of drug-likeness (QED) is 0.196. The van der Waals surface area contributed by atoms with E-state index in [0.29, 0.717) is 35.0 Å². The first-order chi connectivity index (χ1) is 18.8. The Morgan fingerprint density at radius 2 is 1.64 bits per heavy atom. The van der Waals surface area contributed by atoms with Crippen LogP contribution in [0.2, 0.25) is 5.02 Å². The van der Waals surface area contributed by atoms with Crippen molar-refractivity contribution in [3.05, 3.63) is 95.0 Å². The van der Waals surface area contributed by atoms with Gasteiger partial charge in [0.25, 0.3) is 0 Å². The van der Waals surface area contributed by atoms with E-state index in [1.54, 1.807) is 30.3 Å². The number of rotatable bonds is 9. The summed E-state index contributed by atoms with van der Waals surface area (Å²) in [7, 11) is 1.52. The standard InChI is InChI=1S/C30H29ClN2O5S/c1-18-16-25(26(38-2)17-24(18)31)33-29(35)27(19-8-4-3-5-9-19)39-21-14-12-20(13-15-21)32-28(34)22-10-6-7-11-23(22)30(36)37/h3-9,12-17,22-23,27H,10-11H2,1-2H3,(H,32,34)(H,33,35)(H,36,37). The molecule has 0 aliphatic heterocycles. The molecular formula is C30H29ClN2O5S. The SMILES string of the molecule is COc1cc(Cl)c(C)cc1NC(=O)C(Sc1ccc(NC(=O)C2CC=CCC2C(=O)O)cc1)c1ccccc1. The molecule has 39 heavy (non-hydrogen) atoms. The van der Waals surface area contributed by atoms with Crippen molar-refractivity contribution in [2.75, 3.05) is 17.7 Å². The first kappa shape index (κ1) is 28.3. The topological polar surface area (TPSA) is 105 Å². The van der Waals surface area contributed by atoms with Crippen LogP contribution in [-0.2, 0) is 14.4 Å². The van der Waals surface area contributed by atoms with Crippen LogP contribution in [0.3, 0.4) is 0 Å². The summed E-state index contributed by atoms with van der Waals surface area (Å²) in [6, 6.07) is 20.1. The van der Waals surface area contributed by atoms with Crippen molar-refractivity contribution in [2.45, 2.75) is 29.9 Å². The van der Waals surface area contributed by atoms with Crippen molar-refractivity contribution in [1.82, 2.24) is 0 Å². The van der Waals surface area contributed by atoms with Crippen LogP contribution in [0.15, 0.2) is 83.8 Å². The van der Waals surface area contributed by atoms with Gasteiger partial charge in [-0.25, -0.2) is 0 Å². The number of aryl methyl sites for hydroxylation is 1. The number of carboxylic acids is 1. The number of amides is 2. The monoisotopic (exact) mass is 564 g/mol. The Morgan fingerprint density at radius 3 is 2.28 bits per heavy atom. The van der Waals surface area contributed by atoms with Gasteiger partial charge in [-0.15, -0.1) is 11.8 Å². The number of halogens is 1. The zero-order valence-corrected chi connectivity index (χ0v) is 23.1. The summed E-state index contributed by atoms with van der Waals surface area (Å²) >= 11 is 7.60. The molecule has 0 spiro atoms. The van der Waals surface area contributed by atoms with Crippen LogP contribution in [0.25, 0.3) is 0 Å². The van der Waals surface area contributed by atoms with E-state index in [9.17, 15) is 19.5 Å². The van der Waals surface area contributed by atoms with Gasteiger partial charge in [0.05, 0.1) is 24.6 Å². The zero-order valence-electron chi connectivity index (χ0n) is 21.5. The number of hydrogen-bond donors (Lipinski definition) is 3. The number of aliphatic carboxylic acids is 1. The van der Waals surface area contributed by atoms with Crippen molar-refractivity contribution < 1.29 is 24.2 Å². The molecule has 3 atom stereocenters. The van der Waals surface area contributed by atoms with Gasteiger partial charge in [-0.2, -0.15) is 0 Å². The van der Waals surface area contributed by atoms with Crippen LogP contribution in [0, 0.1) is 18.8 Å². The molecule has 3 N–H and O–H groups in total. The molecule has 0 saturated carbocycles. The molecule has 0 heterocycles. The van der Waals surface area contributed by atoms with E-state index in [2.05, 4.69) is 10.6 Å². The minimum Gasteiger partial charge on any atom is -0.495 e. The first-order valence-electron chi connectivity index (χ1n) is 12.4. The van der Waals surface area contributed by atoms with E-state index in [1.165, 1.54) is 18.9 Å². The number of benzene rings is 3. The van der Waals surface area contributed by atoms with Crippen LogP contribution in [0.1, 0.15) is 29.2 Å². The van der Waals surface area contributed by atoms with Crippen LogP contribution < -0.4 is 15.4 Å². The number of nitrogens with one attached hydrogen (secondary N) is 2. The summed E-state index contributed by atoms with van der Waals surface area (Å²) in [6.45, 7) is 1.86. The normalized spacial score (nSPS) is 17.2. The molecule has 0 bridgehead atoms. The van der Waals surface area contributed by atoms with E-state index in [1.807, 2.05) is 55.5 Å². The average molecular weight is 565 g/mol. The van der Waals surface area contributed by atoms with Gasteiger partial charge < -0.3 is 20.5 Å². The van der Waals surface area contributed by atoms with Crippen molar-refractivity contribution in [3.8, 4) is 5.75 Å². The summed E-state index contributed by atoms with van der Waals surface area (Å²) < 4.78 is 5.42. The summed E-state index contributed by atoms with van der Waals surface area (Å²) in [4.78, 5) is 38.7. The average Bonchev–Trinajstić information content (AvgIpc) is 2.94. The summed E-state index contributed by atoms with van der Waals surface area (Å²) in [5, 5.41) is 15.3. The fourth-order valence-corrected chi connectivity index (χ4v) is 5.57. The lowest BCUT2D eigenvalue weighted by Gasteiger charge is -2.24. The molecule has 0 saturated heterocycles. The highest BCUT2D eigenvalue weighted by Crippen LogP contribution is 2.38. The van der Waals surface area contributed by atoms with Gasteiger partial charge in [-0.3, -0.25) is 14.4 Å². The summed E-state index contributed by atoms with van der Waals surface area (Å²) in [5.41, 5.74) is 2.73. The van der Waals surface area contributed by atoms with Gasteiger partial charge in [0, 0.05) is 21.7 Å². The number of methoxy groups -OCH3 is 1. The zero-order chi connectivity index (χ0) is 27.9. The predicted octanol–water partition coefficient (Wildman–Crippen LogP) is 6.73. The van der Waals surface area contributed by atoms with Crippen molar-refractivity contribution in [3.63, 3.8) is 0 Å². The maximum Gasteiger partial charge on any atom is 0.307 e. The minimum atomic E-state index is -0.970. The number of carbonyl (C=O) groups excluding carboxylic acids is 2. The molecule has 3 aromatic carbocycles. The predicted molar refractivity (Wildman–Crippen MR) is 154 cm³/mol. The van der Waals surface area contributed by atoms with Gasteiger partial charge >= 0.3 is 5.97 Å². The van der Waals surface area contributed by atoms with Gasteiger partial charge in [0.1, 0.15) is 11.0 Å². The van der Waals surface area contributed by atoms with E-state index in [4.69, 9.17) is 16.3 Å². The van der Waals surface area contributed by atoms with E-state index in [-0.39, 0.29) is 11.8 Å². The van der Waals surface area contributed by atoms with Gasteiger partial charge in [0.15, 0.2) is 0 Å². The Labute approximate surface area is 236 Å². The fourth-order valence-electron chi connectivity index (χ4n) is 4.39. The van der Waals surface area contributed by atoms with E-state index < -0.39 is 23.1 Å². The second-order valence-corrected chi connectivity index (χ2v) is 10.8. The lowest BCUT2D eigenvalue weighted by Crippen LogP contribution is -2.34. The second-order valence-electron chi connectivity index (χ2n) is 9.21. The number of carboxylic acid groups (broad SMARTS) is 1. The fraction of sp³-hybridized carbons (Fsp3) is 0.233. The smallest absolute Gasteiger partial charge is 0.307 e. The van der Waals surface area contributed by atoms with Crippen molar-refractivity contribution in [2.24, 2.45) is 11.8 Å². The third-order valence-electron chi connectivity index (χ3n) is 6.54. The molecule has 2 amide bonds. The number of allylic oxidation sites excluding steroid dienone is 2. The number of hydrogen-bond acceptors (Lipinski definition) is 5. The van der Waals surface area contributed by atoms with Gasteiger partial charge in [0.2, 0.25) is 11.8 Å². The molecule has 7 nitrogen and oxygen atoms in total.